The summed E-state index contributed by atoms with van der Waals surface area (Å²) in [5, 5.41) is 11.9. The third-order valence-electron chi connectivity index (χ3n) is 4.90. The van der Waals surface area contributed by atoms with Crippen LogP contribution in [0.15, 0.2) is 48.5 Å². The third kappa shape index (κ3) is 3.15. The summed E-state index contributed by atoms with van der Waals surface area (Å²) < 4.78 is 5.45. The maximum absolute atomic E-state index is 12.2. The minimum absolute atomic E-state index is 0.0259. The fourth-order valence-corrected chi connectivity index (χ4v) is 3.23. The minimum atomic E-state index is -1.33. The smallest absolute Gasteiger partial charge is 0.324 e. The second-order valence-electron chi connectivity index (χ2n) is 6.47. The monoisotopic (exact) mass is 339 g/mol. The standard InChI is InChI=1S/C20H21NO4/c1-20(21-2,19(23)24)11-18(22)25-12-17-15-9-5-3-7-13(15)14-8-4-6-10-16(14)17/h3-10,17,21H,11-12H2,1-2H3,(H,23,24). The average molecular weight is 339 g/mol. The van der Waals surface area contributed by atoms with E-state index in [1.807, 2.05) is 36.4 Å². The molecule has 1 aliphatic carbocycles. The molecule has 0 fully saturated rings. The first-order valence-corrected chi connectivity index (χ1v) is 8.22. The molecule has 2 aromatic carbocycles. The molecule has 1 unspecified atom stereocenters. The number of esters is 1. The van der Waals surface area contributed by atoms with E-state index < -0.39 is 17.5 Å². The summed E-state index contributed by atoms with van der Waals surface area (Å²) in [6, 6.07) is 16.2. The highest BCUT2D eigenvalue weighted by molar-refractivity contribution is 5.85. The van der Waals surface area contributed by atoms with Gasteiger partial charge in [0.15, 0.2) is 0 Å². The molecule has 0 saturated heterocycles. The van der Waals surface area contributed by atoms with Gasteiger partial charge in [-0.25, -0.2) is 0 Å². The predicted octanol–water partition coefficient (Wildman–Crippen LogP) is 2.79. The van der Waals surface area contributed by atoms with Crippen LogP contribution in [0.25, 0.3) is 11.1 Å². The number of ether oxygens (including phenoxy) is 1. The molecule has 1 atom stereocenters. The van der Waals surface area contributed by atoms with Crippen LogP contribution in [-0.4, -0.2) is 36.2 Å². The zero-order valence-corrected chi connectivity index (χ0v) is 14.3. The predicted molar refractivity (Wildman–Crippen MR) is 94.4 cm³/mol. The Balaban J connectivity index is 1.76. The molecule has 5 nitrogen and oxygen atoms in total. The summed E-state index contributed by atoms with van der Waals surface area (Å²) in [6.45, 7) is 1.67. The van der Waals surface area contributed by atoms with E-state index in [1.54, 1.807) is 0 Å². The van der Waals surface area contributed by atoms with E-state index in [4.69, 9.17) is 4.74 Å². The first-order valence-electron chi connectivity index (χ1n) is 8.22. The van der Waals surface area contributed by atoms with E-state index in [9.17, 15) is 14.7 Å². The Kier molecular flexibility index (Phi) is 4.59. The van der Waals surface area contributed by atoms with E-state index in [0.29, 0.717) is 0 Å². The second-order valence-corrected chi connectivity index (χ2v) is 6.47. The van der Waals surface area contributed by atoms with Crippen molar-refractivity contribution < 1.29 is 19.4 Å². The van der Waals surface area contributed by atoms with Crippen molar-refractivity contribution in [2.24, 2.45) is 0 Å². The van der Waals surface area contributed by atoms with Crippen LogP contribution >= 0.6 is 0 Å². The van der Waals surface area contributed by atoms with E-state index in [0.717, 1.165) is 22.3 Å². The molecule has 130 valence electrons. The summed E-state index contributed by atoms with van der Waals surface area (Å²) in [7, 11) is 1.52. The van der Waals surface area contributed by atoms with Gasteiger partial charge in [0.05, 0.1) is 6.42 Å². The maximum atomic E-state index is 12.2. The number of carboxylic acids is 1. The van der Waals surface area contributed by atoms with E-state index in [1.165, 1.54) is 14.0 Å². The summed E-state index contributed by atoms with van der Waals surface area (Å²) in [4.78, 5) is 23.5. The van der Waals surface area contributed by atoms with E-state index in [2.05, 4.69) is 17.4 Å². The number of benzene rings is 2. The molecule has 25 heavy (non-hydrogen) atoms. The fourth-order valence-electron chi connectivity index (χ4n) is 3.23. The molecular formula is C20H21NO4. The van der Waals surface area contributed by atoms with Crippen molar-refractivity contribution in [2.45, 2.75) is 24.8 Å². The van der Waals surface area contributed by atoms with Gasteiger partial charge in [-0.05, 0) is 36.2 Å². The first kappa shape index (κ1) is 17.2. The molecule has 0 spiro atoms. The van der Waals surface area contributed by atoms with Crippen molar-refractivity contribution in [3.63, 3.8) is 0 Å². The SMILES string of the molecule is CNC(C)(CC(=O)OCC1c2ccccc2-c2ccccc21)C(=O)O. The van der Waals surface area contributed by atoms with Crippen molar-refractivity contribution in [3.05, 3.63) is 59.7 Å². The van der Waals surface area contributed by atoms with Crippen molar-refractivity contribution in [1.29, 1.82) is 0 Å². The van der Waals surface area contributed by atoms with Crippen LogP contribution in [0.5, 0.6) is 0 Å². The van der Waals surface area contributed by atoms with Crippen molar-refractivity contribution in [3.8, 4) is 11.1 Å². The Hall–Kier alpha value is -2.66. The van der Waals surface area contributed by atoms with Gasteiger partial charge >= 0.3 is 11.9 Å². The van der Waals surface area contributed by atoms with Gasteiger partial charge < -0.3 is 15.2 Å². The molecule has 0 radical (unpaired) electrons. The van der Waals surface area contributed by atoms with Crippen LogP contribution in [0.4, 0.5) is 0 Å². The Morgan fingerprint density at radius 3 is 2.08 bits per heavy atom. The van der Waals surface area contributed by atoms with Crippen LogP contribution in [0.2, 0.25) is 0 Å². The normalized spacial score (nSPS) is 15.1. The van der Waals surface area contributed by atoms with Gasteiger partial charge in [0.2, 0.25) is 0 Å². The molecule has 3 rings (SSSR count). The van der Waals surface area contributed by atoms with Crippen LogP contribution < -0.4 is 5.32 Å². The highest BCUT2D eigenvalue weighted by Gasteiger charge is 2.35. The Labute approximate surface area is 146 Å². The molecule has 2 N–H and O–H groups in total. The minimum Gasteiger partial charge on any atom is -0.480 e. The van der Waals surface area contributed by atoms with Crippen LogP contribution in [0, 0.1) is 0 Å². The fraction of sp³-hybridized carbons (Fsp3) is 0.300. The number of rotatable bonds is 6. The molecule has 5 heteroatoms. The molecule has 1 aliphatic rings. The number of hydrogen-bond acceptors (Lipinski definition) is 4. The van der Waals surface area contributed by atoms with Crippen molar-refractivity contribution in [2.75, 3.05) is 13.7 Å². The van der Waals surface area contributed by atoms with Crippen molar-refractivity contribution >= 4 is 11.9 Å². The lowest BCUT2D eigenvalue weighted by Gasteiger charge is -2.23. The lowest BCUT2D eigenvalue weighted by Crippen LogP contribution is -2.49. The molecule has 0 amide bonds. The Morgan fingerprint density at radius 1 is 1.08 bits per heavy atom. The average Bonchev–Trinajstić information content (AvgIpc) is 2.94. The third-order valence-corrected chi connectivity index (χ3v) is 4.90. The molecule has 0 aromatic heterocycles. The van der Waals surface area contributed by atoms with Crippen molar-refractivity contribution in [1.82, 2.24) is 5.32 Å². The van der Waals surface area contributed by atoms with Gasteiger partial charge in [0, 0.05) is 5.92 Å². The quantitative estimate of drug-likeness (QED) is 0.792. The van der Waals surface area contributed by atoms with Gasteiger partial charge in [-0.2, -0.15) is 0 Å². The summed E-state index contributed by atoms with van der Waals surface area (Å²) in [5.41, 5.74) is 3.24. The highest BCUT2D eigenvalue weighted by Crippen LogP contribution is 2.44. The molecule has 0 heterocycles. The summed E-state index contributed by atoms with van der Waals surface area (Å²) in [5.74, 6) is -1.63. The molecule has 0 aliphatic heterocycles. The number of aliphatic carboxylic acids is 1. The van der Waals surface area contributed by atoms with Gasteiger partial charge in [-0.1, -0.05) is 48.5 Å². The number of fused-ring (bicyclic) bond motifs is 3. The van der Waals surface area contributed by atoms with E-state index in [-0.39, 0.29) is 18.9 Å². The topological polar surface area (TPSA) is 75.6 Å². The molecule has 0 bridgehead atoms. The zero-order chi connectivity index (χ0) is 18.0. The lowest BCUT2D eigenvalue weighted by molar-refractivity contribution is -0.153. The largest absolute Gasteiger partial charge is 0.480 e. The molecule has 2 aromatic rings. The number of carbonyl (C=O) groups excluding carboxylic acids is 1. The highest BCUT2D eigenvalue weighted by atomic mass is 16.5. The summed E-state index contributed by atoms with van der Waals surface area (Å²) in [6.07, 6.45) is -0.227. The lowest BCUT2D eigenvalue weighted by atomic mass is 9.97. The summed E-state index contributed by atoms with van der Waals surface area (Å²) >= 11 is 0. The Bertz CT molecular complexity index is 771. The van der Waals surface area contributed by atoms with Gasteiger partial charge in [-0.15, -0.1) is 0 Å². The number of carbonyl (C=O) groups is 2. The zero-order valence-electron chi connectivity index (χ0n) is 14.3. The molecule has 0 saturated carbocycles. The molecular weight excluding hydrogens is 318 g/mol. The van der Waals surface area contributed by atoms with Gasteiger partial charge in [0.1, 0.15) is 12.1 Å². The van der Waals surface area contributed by atoms with Gasteiger partial charge in [-0.3, -0.25) is 9.59 Å². The van der Waals surface area contributed by atoms with Crippen LogP contribution in [0.1, 0.15) is 30.4 Å². The number of hydrogen-bond donors (Lipinski definition) is 2. The first-order chi connectivity index (χ1) is 12.0. The second kappa shape index (κ2) is 6.69. The number of nitrogens with one attached hydrogen (secondary N) is 1. The van der Waals surface area contributed by atoms with Crippen LogP contribution in [0.3, 0.4) is 0 Å². The Morgan fingerprint density at radius 2 is 1.60 bits per heavy atom. The number of likely N-dealkylation sites (N-methyl/N-ethyl adjacent to an activating group) is 1. The van der Waals surface area contributed by atoms with E-state index >= 15 is 0 Å². The van der Waals surface area contributed by atoms with Crippen LogP contribution in [-0.2, 0) is 14.3 Å². The van der Waals surface area contributed by atoms with Gasteiger partial charge in [0.25, 0.3) is 0 Å². The maximum Gasteiger partial charge on any atom is 0.324 e. The number of carboxylic acid groups (broad SMARTS) is 1.